The van der Waals surface area contributed by atoms with Crippen LogP contribution in [0.4, 0.5) is 13.2 Å². The lowest BCUT2D eigenvalue weighted by Crippen LogP contribution is -2.31. The average molecular weight is 309 g/mol. The molecule has 1 aromatic carbocycles. The highest BCUT2D eigenvalue weighted by Gasteiger charge is 2.33. The summed E-state index contributed by atoms with van der Waals surface area (Å²) in [7, 11) is 0. The van der Waals surface area contributed by atoms with Crippen molar-refractivity contribution in [2.24, 2.45) is 11.1 Å². The summed E-state index contributed by atoms with van der Waals surface area (Å²) in [5.74, 6) is 0. The molecule has 2 N–H and O–H groups in total. The number of hydrogen-bond acceptors (Lipinski definition) is 2. The van der Waals surface area contributed by atoms with Crippen molar-refractivity contribution >= 4 is 12.4 Å². The molecule has 1 fully saturated rings. The van der Waals surface area contributed by atoms with E-state index in [0.717, 1.165) is 37.2 Å². The van der Waals surface area contributed by atoms with Gasteiger partial charge in [-0.2, -0.15) is 13.2 Å². The molecule has 6 heteroatoms. The third kappa shape index (κ3) is 4.11. The first kappa shape index (κ1) is 17.3. The molecule has 0 amide bonds. The van der Waals surface area contributed by atoms with Crippen molar-refractivity contribution in [3.63, 3.8) is 0 Å². The summed E-state index contributed by atoms with van der Waals surface area (Å²) in [6.07, 6.45) is -3.21. The molecule has 0 saturated carbocycles. The van der Waals surface area contributed by atoms with Gasteiger partial charge in [-0.25, -0.2) is 0 Å². The van der Waals surface area contributed by atoms with Crippen LogP contribution in [0.1, 0.15) is 24.5 Å². The summed E-state index contributed by atoms with van der Waals surface area (Å²) in [6, 6.07) is 5.41. The Morgan fingerprint density at radius 1 is 1.25 bits per heavy atom. The molecule has 1 heterocycles. The largest absolute Gasteiger partial charge is 0.416 e. The molecule has 0 aliphatic carbocycles. The third-order valence-corrected chi connectivity index (χ3v) is 3.82. The van der Waals surface area contributed by atoms with Crippen LogP contribution in [-0.2, 0) is 12.7 Å². The van der Waals surface area contributed by atoms with Crippen molar-refractivity contribution in [3.05, 3.63) is 35.4 Å². The first-order valence-corrected chi connectivity index (χ1v) is 6.41. The Labute approximate surface area is 123 Å². The molecule has 0 bridgehead atoms. The van der Waals surface area contributed by atoms with Crippen LogP contribution in [0.2, 0.25) is 0 Å². The van der Waals surface area contributed by atoms with Crippen LogP contribution in [0.5, 0.6) is 0 Å². The number of benzene rings is 1. The number of hydrogen-bond donors (Lipinski definition) is 1. The number of likely N-dealkylation sites (tertiary alicyclic amines) is 1. The zero-order chi connectivity index (χ0) is 14.1. The van der Waals surface area contributed by atoms with Crippen LogP contribution >= 0.6 is 12.4 Å². The quantitative estimate of drug-likeness (QED) is 0.928. The van der Waals surface area contributed by atoms with E-state index in [9.17, 15) is 13.2 Å². The summed E-state index contributed by atoms with van der Waals surface area (Å²) in [5, 5.41) is 0. The molecule has 114 valence electrons. The van der Waals surface area contributed by atoms with Crippen molar-refractivity contribution in [2.75, 3.05) is 19.6 Å². The molecule has 2 rings (SSSR count). The van der Waals surface area contributed by atoms with E-state index < -0.39 is 11.7 Å². The molecular weight excluding hydrogens is 289 g/mol. The molecule has 2 nitrogen and oxygen atoms in total. The first-order valence-electron chi connectivity index (χ1n) is 6.41. The highest BCUT2D eigenvalue weighted by Crippen LogP contribution is 2.31. The Hall–Kier alpha value is -0.780. The highest BCUT2D eigenvalue weighted by atomic mass is 35.5. The Bertz CT molecular complexity index is 433. The van der Waals surface area contributed by atoms with Gasteiger partial charge in [-0.1, -0.05) is 19.1 Å². The van der Waals surface area contributed by atoms with Crippen LogP contribution in [0.15, 0.2) is 24.3 Å². The molecule has 20 heavy (non-hydrogen) atoms. The molecule has 0 radical (unpaired) electrons. The van der Waals surface area contributed by atoms with Gasteiger partial charge in [0.1, 0.15) is 0 Å². The minimum Gasteiger partial charge on any atom is -0.330 e. The van der Waals surface area contributed by atoms with Crippen molar-refractivity contribution in [1.29, 1.82) is 0 Å². The van der Waals surface area contributed by atoms with Crippen LogP contribution in [0.25, 0.3) is 0 Å². The molecule has 1 aliphatic heterocycles. The number of halogens is 4. The van der Waals surface area contributed by atoms with E-state index in [2.05, 4.69) is 11.8 Å². The highest BCUT2D eigenvalue weighted by molar-refractivity contribution is 5.85. The second kappa shape index (κ2) is 6.33. The smallest absolute Gasteiger partial charge is 0.330 e. The van der Waals surface area contributed by atoms with Gasteiger partial charge in [0.05, 0.1) is 5.56 Å². The van der Waals surface area contributed by atoms with E-state index in [0.29, 0.717) is 13.1 Å². The molecule has 1 atom stereocenters. The number of alkyl halides is 3. The summed E-state index contributed by atoms with van der Waals surface area (Å²) in [4.78, 5) is 2.25. The molecule has 1 unspecified atom stereocenters. The zero-order valence-electron chi connectivity index (χ0n) is 11.4. The van der Waals surface area contributed by atoms with E-state index in [1.54, 1.807) is 12.1 Å². The van der Waals surface area contributed by atoms with Gasteiger partial charge in [0, 0.05) is 13.1 Å². The van der Waals surface area contributed by atoms with Gasteiger partial charge in [0.2, 0.25) is 0 Å². The minimum atomic E-state index is -4.26. The molecule has 0 aromatic heterocycles. The van der Waals surface area contributed by atoms with Gasteiger partial charge >= 0.3 is 6.18 Å². The van der Waals surface area contributed by atoms with Gasteiger partial charge < -0.3 is 5.73 Å². The lowest BCUT2D eigenvalue weighted by molar-refractivity contribution is -0.137. The maximum Gasteiger partial charge on any atom is 0.416 e. The van der Waals surface area contributed by atoms with E-state index >= 15 is 0 Å². The minimum absolute atomic E-state index is 0. The molecule has 1 aromatic rings. The van der Waals surface area contributed by atoms with Gasteiger partial charge in [0.15, 0.2) is 0 Å². The second-order valence-electron chi connectivity index (χ2n) is 5.67. The van der Waals surface area contributed by atoms with Gasteiger partial charge in [-0.15, -0.1) is 12.4 Å². The average Bonchev–Trinajstić information content (AvgIpc) is 2.71. The molecule has 1 aliphatic rings. The number of nitrogens with zero attached hydrogens (tertiary/aromatic N) is 1. The van der Waals surface area contributed by atoms with Gasteiger partial charge in [0.25, 0.3) is 0 Å². The van der Waals surface area contributed by atoms with Crippen LogP contribution in [0.3, 0.4) is 0 Å². The summed E-state index contributed by atoms with van der Waals surface area (Å²) in [5.41, 5.74) is 6.20. The maximum atomic E-state index is 12.4. The third-order valence-electron chi connectivity index (χ3n) is 3.82. The fourth-order valence-electron chi connectivity index (χ4n) is 2.48. The molecule has 1 saturated heterocycles. The number of nitrogens with two attached hydrogens (primary N) is 1. The van der Waals surface area contributed by atoms with E-state index in [1.165, 1.54) is 0 Å². The fraction of sp³-hybridized carbons (Fsp3) is 0.571. The zero-order valence-corrected chi connectivity index (χ0v) is 12.2. The summed E-state index contributed by atoms with van der Waals surface area (Å²) in [6.45, 7) is 5.35. The lowest BCUT2D eigenvalue weighted by Gasteiger charge is -2.22. The Kier molecular flexibility index (Phi) is 5.46. The van der Waals surface area contributed by atoms with Crippen LogP contribution in [-0.4, -0.2) is 24.5 Å². The lowest BCUT2D eigenvalue weighted by atomic mass is 9.90. The molecular formula is C14H20ClF3N2. The van der Waals surface area contributed by atoms with Gasteiger partial charge in [-0.3, -0.25) is 4.90 Å². The van der Waals surface area contributed by atoms with Gasteiger partial charge in [-0.05, 0) is 42.6 Å². The van der Waals surface area contributed by atoms with Crippen molar-refractivity contribution in [2.45, 2.75) is 26.1 Å². The van der Waals surface area contributed by atoms with E-state index in [-0.39, 0.29) is 17.8 Å². The van der Waals surface area contributed by atoms with E-state index in [4.69, 9.17) is 5.73 Å². The number of rotatable bonds is 3. The van der Waals surface area contributed by atoms with Crippen molar-refractivity contribution in [3.8, 4) is 0 Å². The Balaban J connectivity index is 0.00000200. The Morgan fingerprint density at radius 2 is 1.85 bits per heavy atom. The fourth-order valence-corrected chi connectivity index (χ4v) is 2.48. The van der Waals surface area contributed by atoms with Crippen molar-refractivity contribution < 1.29 is 13.2 Å². The van der Waals surface area contributed by atoms with E-state index in [1.807, 2.05) is 0 Å². The monoisotopic (exact) mass is 308 g/mol. The predicted molar refractivity (Wildman–Crippen MR) is 75.7 cm³/mol. The summed E-state index contributed by atoms with van der Waals surface area (Å²) >= 11 is 0. The normalized spacial score (nSPS) is 23.6. The molecule has 0 spiro atoms. The first-order chi connectivity index (χ1) is 8.82. The second-order valence-corrected chi connectivity index (χ2v) is 5.67. The maximum absolute atomic E-state index is 12.4. The van der Waals surface area contributed by atoms with Crippen molar-refractivity contribution in [1.82, 2.24) is 4.90 Å². The van der Waals surface area contributed by atoms with Crippen LogP contribution < -0.4 is 5.73 Å². The van der Waals surface area contributed by atoms with Crippen LogP contribution in [0, 0.1) is 5.41 Å². The SMILES string of the molecule is CC1(CN)CCN(Cc2ccc(C(F)(F)F)cc2)C1.Cl. The standard InChI is InChI=1S/C14H19F3N2.ClH/c1-13(9-18)6-7-19(10-13)8-11-2-4-12(5-3-11)14(15,16)17;/h2-5H,6-10,18H2,1H3;1H. The Morgan fingerprint density at radius 3 is 2.30 bits per heavy atom. The summed E-state index contributed by atoms with van der Waals surface area (Å²) < 4.78 is 37.3. The topological polar surface area (TPSA) is 29.3 Å². The predicted octanol–water partition coefficient (Wildman–Crippen LogP) is 3.30.